The third-order valence-corrected chi connectivity index (χ3v) is 4.16. The second-order valence-electron chi connectivity index (χ2n) is 5.87. The molecule has 3 atom stereocenters. The van der Waals surface area contributed by atoms with E-state index >= 15 is 0 Å². The minimum absolute atomic E-state index is 0.0912. The van der Waals surface area contributed by atoms with Crippen LogP contribution in [0.2, 0.25) is 0 Å². The van der Waals surface area contributed by atoms with Crippen molar-refractivity contribution in [3.63, 3.8) is 0 Å². The van der Waals surface area contributed by atoms with Gasteiger partial charge >= 0.3 is 12.2 Å². The molecular formula is C16H21F3N2O2. The Morgan fingerprint density at radius 1 is 1.26 bits per heavy atom. The molecule has 3 unspecified atom stereocenters. The Morgan fingerprint density at radius 2 is 1.96 bits per heavy atom. The number of urea groups is 1. The first kappa shape index (κ1) is 17.6. The molecule has 128 valence electrons. The lowest BCUT2D eigenvalue weighted by atomic mass is 9.85. The summed E-state index contributed by atoms with van der Waals surface area (Å²) in [5.74, 6) is -1.36. The van der Waals surface area contributed by atoms with Crippen LogP contribution in [0.15, 0.2) is 30.3 Å². The molecule has 2 rings (SSSR count). The molecule has 0 radical (unpaired) electrons. The van der Waals surface area contributed by atoms with Gasteiger partial charge in [-0.15, -0.1) is 0 Å². The highest BCUT2D eigenvalue weighted by molar-refractivity contribution is 5.74. The zero-order valence-electron chi connectivity index (χ0n) is 12.6. The van der Waals surface area contributed by atoms with E-state index in [1.807, 2.05) is 6.07 Å². The smallest absolute Gasteiger partial charge is 0.391 e. The summed E-state index contributed by atoms with van der Waals surface area (Å²) in [7, 11) is 0. The quantitative estimate of drug-likeness (QED) is 0.794. The molecule has 7 heteroatoms. The fourth-order valence-corrected chi connectivity index (χ4v) is 2.92. The van der Waals surface area contributed by atoms with Gasteiger partial charge < -0.3 is 15.7 Å². The average molecular weight is 330 g/mol. The molecule has 1 fully saturated rings. The summed E-state index contributed by atoms with van der Waals surface area (Å²) in [5, 5.41) is 14.6. The number of halogens is 3. The number of carbonyl (C=O) groups is 1. The SMILES string of the molecule is O=C(NC1CCCC(C(F)(F)F)C1)NC(CO)c1ccccc1. The van der Waals surface area contributed by atoms with E-state index in [-0.39, 0.29) is 19.4 Å². The van der Waals surface area contributed by atoms with Crippen molar-refractivity contribution in [3.05, 3.63) is 35.9 Å². The van der Waals surface area contributed by atoms with Crippen molar-refractivity contribution in [2.75, 3.05) is 6.61 Å². The summed E-state index contributed by atoms with van der Waals surface area (Å²) in [6.07, 6.45) is -3.21. The molecule has 1 aliphatic carbocycles. The van der Waals surface area contributed by atoms with E-state index in [0.29, 0.717) is 12.8 Å². The van der Waals surface area contributed by atoms with Gasteiger partial charge in [-0.2, -0.15) is 13.2 Å². The molecule has 4 nitrogen and oxygen atoms in total. The summed E-state index contributed by atoms with van der Waals surface area (Å²) >= 11 is 0. The zero-order chi connectivity index (χ0) is 16.9. The first-order valence-corrected chi connectivity index (χ1v) is 7.69. The number of amides is 2. The molecule has 2 amide bonds. The summed E-state index contributed by atoms with van der Waals surface area (Å²) in [5.41, 5.74) is 0.738. The van der Waals surface area contributed by atoms with E-state index in [9.17, 15) is 23.1 Å². The Bertz CT molecular complexity index is 508. The van der Waals surface area contributed by atoms with Crippen molar-refractivity contribution in [3.8, 4) is 0 Å². The van der Waals surface area contributed by atoms with Crippen molar-refractivity contribution in [2.45, 2.75) is 43.9 Å². The highest BCUT2D eigenvalue weighted by Crippen LogP contribution is 2.37. The van der Waals surface area contributed by atoms with Crippen molar-refractivity contribution in [1.29, 1.82) is 0 Å². The summed E-state index contributed by atoms with van der Waals surface area (Å²) in [6, 6.07) is 7.28. The molecule has 1 aromatic rings. The maximum atomic E-state index is 12.8. The molecule has 0 heterocycles. The van der Waals surface area contributed by atoms with Crippen molar-refractivity contribution in [1.82, 2.24) is 10.6 Å². The predicted octanol–water partition coefficient (Wildman–Crippen LogP) is 3.14. The van der Waals surface area contributed by atoms with E-state index in [1.54, 1.807) is 24.3 Å². The lowest BCUT2D eigenvalue weighted by Gasteiger charge is -2.31. The second kappa shape index (κ2) is 7.68. The topological polar surface area (TPSA) is 61.4 Å². The maximum Gasteiger partial charge on any atom is 0.391 e. The monoisotopic (exact) mass is 330 g/mol. The molecule has 0 saturated heterocycles. The fraction of sp³-hybridized carbons (Fsp3) is 0.562. The van der Waals surface area contributed by atoms with Crippen LogP contribution in [0.1, 0.15) is 37.3 Å². The number of hydrogen-bond donors (Lipinski definition) is 3. The average Bonchev–Trinajstić information content (AvgIpc) is 2.53. The van der Waals surface area contributed by atoms with Crippen LogP contribution in [0, 0.1) is 5.92 Å². The van der Waals surface area contributed by atoms with Gasteiger partial charge in [0.25, 0.3) is 0 Å². The maximum absolute atomic E-state index is 12.8. The molecule has 0 bridgehead atoms. The molecule has 0 aromatic heterocycles. The number of rotatable bonds is 4. The zero-order valence-corrected chi connectivity index (χ0v) is 12.6. The molecule has 1 aliphatic rings. The largest absolute Gasteiger partial charge is 0.394 e. The van der Waals surface area contributed by atoms with E-state index in [2.05, 4.69) is 10.6 Å². The Morgan fingerprint density at radius 3 is 2.57 bits per heavy atom. The number of aliphatic hydroxyl groups is 1. The minimum atomic E-state index is -4.21. The Kier molecular flexibility index (Phi) is 5.87. The van der Waals surface area contributed by atoms with E-state index in [1.165, 1.54) is 0 Å². The van der Waals surface area contributed by atoms with Gasteiger partial charge in [-0.1, -0.05) is 36.8 Å². The minimum Gasteiger partial charge on any atom is -0.394 e. The lowest BCUT2D eigenvalue weighted by molar-refractivity contribution is -0.183. The van der Waals surface area contributed by atoms with Crippen LogP contribution in [0.4, 0.5) is 18.0 Å². The Balaban J connectivity index is 1.89. The van der Waals surface area contributed by atoms with Crippen LogP contribution in [-0.2, 0) is 0 Å². The summed E-state index contributed by atoms with van der Waals surface area (Å²) < 4.78 is 38.3. The van der Waals surface area contributed by atoms with Crippen molar-refractivity contribution < 1.29 is 23.1 Å². The van der Waals surface area contributed by atoms with Gasteiger partial charge in [-0.3, -0.25) is 0 Å². The van der Waals surface area contributed by atoms with Crippen LogP contribution in [-0.4, -0.2) is 30.0 Å². The summed E-state index contributed by atoms with van der Waals surface area (Å²) in [4.78, 5) is 12.0. The van der Waals surface area contributed by atoms with Gasteiger partial charge in [0, 0.05) is 6.04 Å². The van der Waals surface area contributed by atoms with Crippen LogP contribution in [0.3, 0.4) is 0 Å². The van der Waals surface area contributed by atoms with Gasteiger partial charge in [0.1, 0.15) is 0 Å². The number of alkyl halides is 3. The number of carbonyl (C=O) groups excluding carboxylic acids is 1. The van der Waals surface area contributed by atoms with Gasteiger partial charge in [0.2, 0.25) is 0 Å². The Hall–Kier alpha value is -1.76. The van der Waals surface area contributed by atoms with Gasteiger partial charge in [0.05, 0.1) is 18.6 Å². The number of benzene rings is 1. The highest BCUT2D eigenvalue weighted by atomic mass is 19.4. The third-order valence-electron chi connectivity index (χ3n) is 4.16. The molecule has 23 heavy (non-hydrogen) atoms. The van der Waals surface area contributed by atoms with Crippen LogP contribution >= 0.6 is 0 Å². The molecule has 1 aromatic carbocycles. The van der Waals surface area contributed by atoms with Crippen molar-refractivity contribution in [2.24, 2.45) is 5.92 Å². The number of nitrogens with one attached hydrogen (secondary N) is 2. The molecule has 1 saturated carbocycles. The molecule has 3 N–H and O–H groups in total. The van der Waals surface area contributed by atoms with Gasteiger partial charge in [-0.05, 0) is 24.8 Å². The standard InChI is InChI=1S/C16H21F3N2O2/c17-16(18,19)12-7-4-8-13(9-12)20-15(23)21-14(10-22)11-5-2-1-3-6-11/h1-3,5-6,12-14,22H,4,7-10H2,(H2,20,21,23). The lowest BCUT2D eigenvalue weighted by Crippen LogP contribution is -2.47. The predicted molar refractivity (Wildman–Crippen MR) is 79.7 cm³/mol. The van der Waals surface area contributed by atoms with Gasteiger partial charge in [0.15, 0.2) is 0 Å². The van der Waals surface area contributed by atoms with E-state index in [0.717, 1.165) is 5.56 Å². The number of hydrogen-bond acceptors (Lipinski definition) is 2. The fourth-order valence-electron chi connectivity index (χ4n) is 2.92. The van der Waals surface area contributed by atoms with E-state index < -0.39 is 30.2 Å². The highest BCUT2D eigenvalue weighted by Gasteiger charge is 2.42. The normalized spacial score (nSPS) is 23.1. The first-order valence-electron chi connectivity index (χ1n) is 7.69. The van der Waals surface area contributed by atoms with Crippen LogP contribution in [0.5, 0.6) is 0 Å². The summed E-state index contributed by atoms with van der Waals surface area (Å²) in [6.45, 7) is -0.284. The molecule has 0 spiro atoms. The van der Waals surface area contributed by atoms with Gasteiger partial charge in [-0.25, -0.2) is 4.79 Å². The molecular weight excluding hydrogens is 309 g/mol. The van der Waals surface area contributed by atoms with Crippen molar-refractivity contribution >= 4 is 6.03 Å². The second-order valence-corrected chi connectivity index (χ2v) is 5.87. The van der Waals surface area contributed by atoms with Crippen LogP contribution in [0.25, 0.3) is 0 Å². The van der Waals surface area contributed by atoms with E-state index in [4.69, 9.17) is 0 Å². The van der Waals surface area contributed by atoms with Crippen LogP contribution < -0.4 is 10.6 Å². The Labute approximate surface area is 133 Å². The first-order chi connectivity index (χ1) is 10.9. The third kappa shape index (κ3) is 5.13. The number of aliphatic hydroxyl groups excluding tert-OH is 1. The molecule has 0 aliphatic heterocycles.